The molecule has 0 unspecified atom stereocenters. The zero-order valence-electron chi connectivity index (χ0n) is 20.7. The van der Waals surface area contributed by atoms with Crippen molar-refractivity contribution in [1.82, 2.24) is 9.32 Å². The van der Waals surface area contributed by atoms with Crippen LogP contribution in [0.3, 0.4) is 0 Å². The minimum atomic E-state index is -3.98. The lowest BCUT2D eigenvalue weighted by Crippen LogP contribution is -2.06. The van der Waals surface area contributed by atoms with Gasteiger partial charge < -0.3 is 0 Å². The standard InChI is InChI=1S/C29H25N2O5PS/c1-2-27(32)25-20-38-29(30-25)28(33)24-17-31(26-16-10-9-15-23(24)26)37(34,35-18-21-11-5-3-6-12-21)36-19-22-13-7-4-8-14-22/h3-17,20H,2,18-19H2,1H3. The molecule has 192 valence electrons. The number of carbonyl (C=O) groups excluding carboxylic acids is 2. The van der Waals surface area contributed by atoms with Crippen LogP contribution in [0.15, 0.2) is 96.5 Å². The molecule has 0 spiro atoms. The molecule has 2 heterocycles. The number of nitrogens with zero attached hydrogens (tertiary/aromatic N) is 2. The van der Waals surface area contributed by atoms with E-state index < -0.39 is 7.75 Å². The van der Waals surface area contributed by atoms with Crippen LogP contribution in [0.25, 0.3) is 10.9 Å². The van der Waals surface area contributed by atoms with Crippen LogP contribution < -0.4 is 0 Å². The minimum Gasteiger partial charge on any atom is -0.292 e. The van der Waals surface area contributed by atoms with E-state index in [1.807, 2.05) is 60.7 Å². The van der Waals surface area contributed by atoms with Crippen molar-refractivity contribution in [3.8, 4) is 0 Å². The first-order chi connectivity index (χ1) is 18.5. The zero-order valence-corrected chi connectivity index (χ0v) is 22.4. The number of para-hydroxylation sites is 1. The predicted octanol–water partition coefficient (Wildman–Crippen LogP) is 7.31. The molecule has 5 aromatic rings. The quantitative estimate of drug-likeness (QED) is 0.128. The average Bonchev–Trinajstić information content (AvgIpc) is 3.62. The third kappa shape index (κ3) is 5.44. The molecule has 0 aliphatic heterocycles. The molecule has 0 N–H and O–H groups in total. The van der Waals surface area contributed by atoms with E-state index in [0.717, 1.165) is 22.5 Å². The fourth-order valence-electron chi connectivity index (χ4n) is 3.97. The third-order valence-corrected chi connectivity index (χ3v) is 8.59. The van der Waals surface area contributed by atoms with Gasteiger partial charge in [0.05, 0.1) is 24.3 Å². The van der Waals surface area contributed by atoms with Crippen molar-refractivity contribution in [2.75, 3.05) is 0 Å². The maximum Gasteiger partial charge on any atom is 0.440 e. The fourth-order valence-corrected chi connectivity index (χ4v) is 6.39. The molecule has 0 bridgehead atoms. The van der Waals surface area contributed by atoms with Crippen LogP contribution in [-0.4, -0.2) is 20.9 Å². The van der Waals surface area contributed by atoms with Crippen molar-refractivity contribution in [3.63, 3.8) is 0 Å². The van der Waals surface area contributed by atoms with Gasteiger partial charge in [0.2, 0.25) is 5.78 Å². The maximum absolute atomic E-state index is 14.4. The summed E-state index contributed by atoms with van der Waals surface area (Å²) in [7, 11) is -3.98. The summed E-state index contributed by atoms with van der Waals surface area (Å²) in [6.07, 6.45) is 1.81. The number of thiazole rings is 1. The first-order valence-electron chi connectivity index (χ1n) is 12.1. The molecule has 0 fully saturated rings. The lowest BCUT2D eigenvalue weighted by Gasteiger charge is -2.20. The van der Waals surface area contributed by atoms with Crippen LogP contribution in [0.1, 0.15) is 50.3 Å². The number of fused-ring (bicyclic) bond motifs is 1. The summed E-state index contributed by atoms with van der Waals surface area (Å²) in [5, 5.41) is 2.37. The highest BCUT2D eigenvalue weighted by molar-refractivity contribution is 7.52. The van der Waals surface area contributed by atoms with Crippen molar-refractivity contribution < 1.29 is 23.2 Å². The summed E-state index contributed by atoms with van der Waals surface area (Å²) >= 11 is 1.11. The van der Waals surface area contributed by atoms with Crippen molar-refractivity contribution in [3.05, 3.63) is 124 Å². The number of benzene rings is 3. The van der Waals surface area contributed by atoms with Crippen LogP contribution in [0, 0.1) is 0 Å². The lowest BCUT2D eigenvalue weighted by atomic mass is 10.1. The first kappa shape index (κ1) is 25.9. The van der Waals surface area contributed by atoms with E-state index in [4.69, 9.17) is 9.05 Å². The summed E-state index contributed by atoms with van der Waals surface area (Å²) in [6, 6.07) is 26.0. The zero-order chi connectivity index (χ0) is 26.5. The SMILES string of the molecule is CCC(=O)c1csc(C(=O)c2cn(P(=O)(OCc3ccccc3)OCc3ccccc3)c3ccccc23)n1. The van der Waals surface area contributed by atoms with Gasteiger partial charge in [-0.05, 0) is 17.2 Å². The van der Waals surface area contributed by atoms with E-state index in [0.29, 0.717) is 22.9 Å². The Balaban J connectivity index is 1.55. The molecule has 3 aromatic carbocycles. The molecule has 0 amide bonds. The summed E-state index contributed by atoms with van der Waals surface area (Å²) in [5.41, 5.74) is 2.77. The monoisotopic (exact) mass is 544 g/mol. The number of hydrogen-bond acceptors (Lipinski definition) is 7. The van der Waals surface area contributed by atoms with Gasteiger partial charge in [0.1, 0.15) is 5.69 Å². The van der Waals surface area contributed by atoms with E-state index in [-0.39, 0.29) is 35.5 Å². The van der Waals surface area contributed by atoms with Crippen molar-refractivity contribution in [1.29, 1.82) is 0 Å². The summed E-state index contributed by atoms with van der Waals surface area (Å²) in [5.74, 6) is -0.492. The Bertz CT molecular complexity index is 1580. The van der Waals surface area contributed by atoms with Gasteiger partial charge in [-0.25, -0.2) is 9.55 Å². The molecule has 38 heavy (non-hydrogen) atoms. The molecule has 5 rings (SSSR count). The van der Waals surface area contributed by atoms with Crippen molar-refractivity contribution in [2.24, 2.45) is 0 Å². The van der Waals surface area contributed by atoms with Gasteiger partial charge in [-0.2, -0.15) is 0 Å². The third-order valence-electron chi connectivity index (χ3n) is 5.98. The van der Waals surface area contributed by atoms with Crippen LogP contribution in [0.2, 0.25) is 0 Å². The largest absolute Gasteiger partial charge is 0.440 e. The highest BCUT2D eigenvalue weighted by Crippen LogP contribution is 2.53. The topological polar surface area (TPSA) is 87.5 Å². The van der Waals surface area contributed by atoms with Gasteiger partial charge in [-0.1, -0.05) is 85.8 Å². The Kier molecular flexibility index (Phi) is 7.77. The van der Waals surface area contributed by atoms with E-state index in [1.165, 1.54) is 10.5 Å². The van der Waals surface area contributed by atoms with Gasteiger partial charge in [0.25, 0.3) is 0 Å². The predicted molar refractivity (Wildman–Crippen MR) is 148 cm³/mol. The molecule has 0 saturated heterocycles. The van der Waals surface area contributed by atoms with Gasteiger partial charge >= 0.3 is 7.75 Å². The Labute approximate surface area is 224 Å². The van der Waals surface area contributed by atoms with E-state index >= 15 is 0 Å². The number of Topliss-reactive ketones (excluding diaryl/α,β-unsaturated/α-hetero) is 1. The van der Waals surface area contributed by atoms with Gasteiger partial charge in [-0.3, -0.25) is 23.0 Å². The molecular weight excluding hydrogens is 519 g/mol. The number of rotatable bonds is 11. The van der Waals surface area contributed by atoms with E-state index in [1.54, 1.807) is 36.6 Å². The maximum atomic E-state index is 14.4. The Morgan fingerprint density at radius 3 is 2.05 bits per heavy atom. The van der Waals surface area contributed by atoms with Crippen LogP contribution in [-0.2, 0) is 26.8 Å². The fraction of sp³-hybridized carbons (Fsp3) is 0.138. The molecule has 0 saturated carbocycles. The van der Waals surface area contributed by atoms with Crippen LogP contribution in [0.5, 0.6) is 0 Å². The Morgan fingerprint density at radius 1 is 0.868 bits per heavy atom. The second kappa shape index (κ2) is 11.4. The summed E-state index contributed by atoms with van der Waals surface area (Å²) < 4.78 is 27.9. The normalized spacial score (nSPS) is 11.6. The van der Waals surface area contributed by atoms with Gasteiger partial charge in [0, 0.05) is 23.4 Å². The molecule has 9 heteroatoms. The average molecular weight is 545 g/mol. The molecule has 0 aliphatic rings. The lowest BCUT2D eigenvalue weighted by molar-refractivity contribution is 0.0984. The van der Waals surface area contributed by atoms with Gasteiger partial charge in [0.15, 0.2) is 10.8 Å². The smallest absolute Gasteiger partial charge is 0.292 e. The number of carbonyl (C=O) groups is 2. The summed E-state index contributed by atoms with van der Waals surface area (Å²) in [4.78, 5) is 29.9. The highest BCUT2D eigenvalue weighted by Gasteiger charge is 2.32. The first-order valence-corrected chi connectivity index (χ1v) is 14.5. The summed E-state index contributed by atoms with van der Waals surface area (Å²) in [6.45, 7) is 1.86. The van der Waals surface area contributed by atoms with Crippen LogP contribution in [0.4, 0.5) is 0 Å². The molecule has 2 aromatic heterocycles. The number of ketones is 2. The van der Waals surface area contributed by atoms with E-state index in [2.05, 4.69) is 4.98 Å². The Morgan fingerprint density at radius 2 is 1.45 bits per heavy atom. The van der Waals surface area contributed by atoms with Gasteiger partial charge in [-0.15, -0.1) is 11.3 Å². The number of hydrogen-bond donors (Lipinski definition) is 0. The van der Waals surface area contributed by atoms with Crippen molar-refractivity contribution in [2.45, 2.75) is 26.6 Å². The molecule has 7 nitrogen and oxygen atoms in total. The molecule has 0 aliphatic carbocycles. The molecule has 0 radical (unpaired) electrons. The van der Waals surface area contributed by atoms with Crippen molar-refractivity contribution >= 4 is 41.6 Å². The second-order valence-corrected chi connectivity index (χ2v) is 11.3. The molecular formula is C29H25N2O5PS. The van der Waals surface area contributed by atoms with E-state index in [9.17, 15) is 14.2 Å². The Hall–Kier alpha value is -3.68. The minimum absolute atomic E-state index is 0.0532. The number of aromatic nitrogens is 2. The molecule has 0 atom stereocenters. The highest BCUT2D eigenvalue weighted by atomic mass is 32.1. The van der Waals surface area contributed by atoms with Crippen LogP contribution >= 0.6 is 19.1 Å². The second-order valence-electron chi connectivity index (χ2n) is 8.53.